The first kappa shape index (κ1) is 14.8. The van der Waals surface area contributed by atoms with Gasteiger partial charge in [0.2, 0.25) is 0 Å². The van der Waals surface area contributed by atoms with Crippen molar-refractivity contribution in [2.24, 2.45) is 5.92 Å². The van der Waals surface area contributed by atoms with E-state index >= 15 is 0 Å². The van der Waals surface area contributed by atoms with Gasteiger partial charge in [-0.05, 0) is 49.1 Å². The maximum Gasteiger partial charge on any atom is -0.0162 e. The zero-order valence-electron chi connectivity index (χ0n) is 12.5. The minimum Gasteiger partial charge on any atom is -0.0625 e. The van der Waals surface area contributed by atoms with Crippen LogP contribution in [0.3, 0.4) is 0 Å². The fraction of sp³-hybridized carbons (Fsp3) is 0.350. The molecule has 2 unspecified atom stereocenters. The summed E-state index contributed by atoms with van der Waals surface area (Å²) in [4.78, 5) is 0. The Kier molecular flexibility index (Phi) is 5.86. The maximum atomic E-state index is 4.30. The molecule has 2 rings (SSSR count). The molecule has 0 bridgehead atoms. The first-order chi connectivity index (χ1) is 9.75. The highest BCUT2D eigenvalue weighted by molar-refractivity contribution is 5.20. The van der Waals surface area contributed by atoms with Crippen molar-refractivity contribution in [2.75, 3.05) is 0 Å². The molecule has 0 nitrogen and oxygen atoms in total. The van der Waals surface area contributed by atoms with E-state index in [0.29, 0.717) is 5.92 Å². The van der Waals surface area contributed by atoms with Crippen LogP contribution in [0.1, 0.15) is 43.2 Å². The smallest absolute Gasteiger partial charge is 0.0162 e. The summed E-state index contributed by atoms with van der Waals surface area (Å²) in [7, 11) is 0. The van der Waals surface area contributed by atoms with E-state index in [9.17, 15) is 0 Å². The van der Waals surface area contributed by atoms with Crippen LogP contribution in [0.2, 0.25) is 0 Å². The molecule has 2 aromatic carbocycles. The van der Waals surface area contributed by atoms with E-state index < -0.39 is 0 Å². The summed E-state index contributed by atoms with van der Waals surface area (Å²) in [6, 6.07) is 21.4. The van der Waals surface area contributed by atoms with E-state index in [0.717, 1.165) is 5.92 Å². The van der Waals surface area contributed by atoms with Crippen molar-refractivity contribution in [3.63, 3.8) is 0 Å². The molecule has 0 aromatic heterocycles. The maximum absolute atomic E-state index is 4.30. The lowest BCUT2D eigenvalue weighted by atomic mass is 9.90. The third kappa shape index (κ3) is 4.85. The first-order valence-corrected chi connectivity index (χ1v) is 7.67. The summed E-state index contributed by atoms with van der Waals surface area (Å²) in [5, 5.41) is 0. The van der Waals surface area contributed by atoms with E-state index in [1.165, 1.54) is 36.8 Å². The van der Waals surface area contributed by atoms with Crippen LogP contribution in [0.4, 0.5) is 0 Å². The predicted molar refractivity (Wildman–Crippen MR) is 87.7 cm³/mol. The minimum atomic E-state index is 0.426. The van der Waals surface area contributed by atoms with Crippen LogP contribution >= 0.6 is 0 Å². The molecule has 2 atom stereocenters. The standard InChI is InChI=1S/C20H25/c1-17(14-16-19-9-5-3-6-10-19)13-15-18(2)20-11-7-4-8-12-20/h3-12,17-18H,2,13-16H2,1H3. The second-order valence-corrected chi connectivity index (χ2v) is 5.81. The van der Waals surface area contributed by atoms with Gasteiger partial charge in [0.1, 0.15) is 0 Å². The Morgan fingerprint density at radius 1 is 0.800 bits per heavy atom. The molecule has 1 radical (unpaired) electrons. The summed E-state index contributed by atoms with van der Waals surface area (Å²) in [6.07, 6.45) is 4.90. The minimum absolute atomic E-state index is 0.426. The molecule has 105 valence electrons. The van der Waals surface area contributed by atoms with Crippen LogP contribution in [0.15, 0.2) is 60.7 Å². The molecular weight excluding hydrogens is 240 g/mol. The molecule has 0 N–H and O–H groups in total. The van der Waals surface area contributed by atoms with Crippen LogP contribution in [0.5, 0.6) is 0 Å². The van der Waals surface area contributed by atoms with E-state index in [4.69, 9.17) is 0 Å². The molecule has 0 saturated heterocycles. The summed E-state index contributed by atoms with van der Waals surface area (Å²) >= 11 is 0. The highest BCUT2D eigenvalue weighted by atomic mass is 14.1. The van der Waals surface area contributed by atoms with Gasteiger partial charge in [0.25, 0.3) is 0 Å². The first-order valence-electron chi connectivity index (χ1n) is 7.67. The van der Waals surface area contributed by atoms with Crippen LogP contribution in [-0.2, 0) is 6.42 Å². The number of benzene rings is 2. The Labute approximate surface area is 123 Å². The molecular formula is C20H25. The number of rotatable bonds is 7. The van der Waals surface area contributed by atoms with Crippen LogP contribution in [-0.4, -0.2) is 0 Å². The number of hydrogen-bond acceptors (Lipinski definition) is 0. The average molecular weight is 265 g/mol. The van der Waals surface area contributed by atoms with Gasteiger partial charge in [0.05, 0.1) is 0 Å². The topological polar surface area (TPSA) is 0 Å². The fourth-order valence-corrected chi connectivity index (χ4v) is 2.58. The molecule has 2 aromatic rings. The van der Waals surface area contributed by atoms with E-state index in [1.54, 1.807) is 0 Å². The van der Waals surface area contributed by atoms with Gasteiger partial charge < -0.3 is 0 Å². The van der Waals surface area contributed by atoms with Gasteiger partial charge in [-0.25, -0.2) is 0 Å². The molecule has 0 aliphatic rings. The van der Waals surface area contributed by atoms with Crippen LogP contribution in [0, 0.1) is 12.8 Å². The number of aryl methyl sites for hydroxylation is 1. The Hall–Kier alpha value is -1.56. The predicted octanol–water partition coefficient (Wildman–Crippen LogP) is 5.65. The second-order valence-electron chi connectivity index (χ2n) is 5.81. The Balaban J connectivity index is 1.71. The average Bonchev–Trinajstić information content (AvgIpc) is 2.52. The number of hydrogen-bond donors (Lipinski definition) is 0. The van der Waals surface area contributed by atoms with E-state index in [2.05, 4.69) is 74.5 Å². The van der Waals surface area contributed by atoms with Crippen molar-refractivity contribution in [3.05, 3.63) is 78.7 Å². The monoisotopic (exact) mass is 265 g/mol. The Bertz CT molecular complexity index is 472. The molecule has 0 heteroatoms. The lowest BCUT2D eigenvalue weighted by Crippen LogP contribution is -2.01. The SMILES string of the molecule is [CH2]C(CCC(C)CCc1ccccc1)c1ccccc1. The van der Waals surface area contributed by atoms with Crippen molar-refractivity contribution in [2.45, 2.75) is 38.5 Å². The highest BCUT2D eigenvalue weighted by Crippen LogP contribution is 2.24. The third-order valence-electron chi connectivity index (χ3n) is 4.05. The van der Waals surface area contributed by atoms with Crippen molar-refractivity contribution in [3.8, 4) is 0 Å². The van der Waals surface area contributed by atoms with Gasteiger partial charge >= 0.3 is 0 Å². The molecule has 0 amide bonds. The lowest BCUT2D eigenvalue weighted by Gasteiger charge is -2.16. The molecule has 0 fully saturated rings. The van der Waals surface area contributed by atoms with Gasteiger partial charge in [-0.3, -0.25) is 0 Å². The fourth-order valence-electron chi connectivity index (χ4n) is 2.58. The summed E-state index contributed by atoms with van der Waals surface area (Å²) in [5.74, 6) is 1.19. The molecule has 0 saturated carbocycles. The molecule has 0 spiro atoms. The zero-order valence-corrected chi connectivity index (χ0v) is 12.5. The molecule has 20 heavy (non-hydrogen) atoms. The van der Waals surface area contributed by atoms with Gasteiger partial charge in [-0.15, -0.1) is 0 Å². The van der Waals surface area contributed by atoms with Gasteiger partial charge in [-0.1, -0.05) is 74.0 Å². The van der Waals surface area contributed by atoms with E-state index in [1.807, 2.05) is 0 Å². The largest absolute Gasteiger partial charge is 0.0625 e. The van der Waals surface area contributed by atoms with Gasteiger partial charge in [0.15, 0.2) is 0 Å². The van der Waals surface area contributed by atoms with Crippen molar-refractivity contribution in [1.29, 1.82) is 0 Å². The van der Waals surface area contributed by atoms with Gasteiger partial charge in [0, 0.05) is 0 Å². The quantitative estimate of drug-likeness (QED) is 0.606. The summed E-state index contributed by atoms with van der Waals surface area (Å²) < 4.78 is 0. The summed E-state index contributed by atoms with van der Waals surface area (Å²) in [6.45, 7) is 6.66. The highest BCUT2D eigenvalue weighted by Gasteiger charge is 2.08. The van der Waals surface area contributed by atoms with Crippen molar-refractivity contribution < 1.29 is 0 Å². The van der Waals surface area contributed by atoms with Crippen LogP contribution < -0.4 is 0 Å². The van der Waals surface area contributed by atoms with Crippen molar-refractivity contribution >= 4 is 0 Å². The lowest BCUT2D eigenvalue weighted by molar-refractivity contribution is 0.462. The molecule has 0 aliphatic heterocycles. The van der Waals surface area contributed by atoms with E-state index in [-0.39, 0.29) is 0 Å². The summed E-state index contributed by atoms with van der Waals surface area (Å²) in [5.41, 5.74) is 2.82. The van der Waals surface area contributed by atoms with Crippen LogP contribution in [0.25, 0.3) is 0 Å². The Morgan fingerprint density at radius 3 is 2.05 bits per heavy atom. The van der Waals surface area contributed by atoms with Crippen molar-refractivity contribution in [1.82, 2.24) is 0 Å². The zero-order chi connectivity index (χ0) is 14.2. The molecule has 0 aliphatic carbocycles. The normalized spacial score (nSPS) is 13.9. The van der Waals surface area contributed by atoms with Gasteiger partial charge in [-0.2, -0.15) is 0 Å². The Morgan fingerprint density at radius 2 is 1.40 bits per heavy atom. The second kappa shape index (κ2) is 7.89. The third-order valence-corrected chi connectivity index (χ3v) is 4.05. The molecule has 0 heterocycles.